The molecule has 0 saturated heterocycles. The van der Waals surface area contributed by atoms with E-state index in [4.69, 9.17) is 0 Å². The van der Waals surface area contributed by atoms with Crippen LogP contribution in [0.3, 0.4) is 0 Å². The van der Waals surface area contributed by atoms with Crippen LogP contribution in [0.2, 0.25) is 0 Å². The standard InChI is InChI=1S/C13H14N4O2S2/c1-21(18,19)13-14-6-9-11-10(7-15-20-11)17(12(9)16-13)8-4-2-3-5-8/h6-8H,2-5H2,1H3. The first kappa shape index (κ1) is 13.1. The zero-order valence-corrected chi connectivity index (χ0v) is 13.1. The Hall–Kier alpha value is -1.54. The van der Waals surface area contributed by atoms with Crippen LogP contribution in [0.5, 0.6) is 0 Å². The largest absolute Gasteiger partial charge is 0.320 e. The third kappa shape index (κ3) is 1.96. The van der Waals surface area contributed by atoms with Gasteiger partial charge in [0.05, 0.1) is 21.8 Å². The minimum absolute atomic E-state index is 0.104. The Morgan fingerprint density at radius 3 is 2.76 bits per heavy atom. The van der Waals surface area contributed by atoms with Crippen molar-refractivity contribution < 1.29 is 8.42 Å². The average molecular weight is 322 g/mol. The molecule has 0 radical (unpaired) electrons. The molecule has 0 unspecified atom stereocenters. The molecule has 1 aliphatic carbocycles. The van der Waals surface area contributed by atoms with E-state index in [1.807, 2.05) is 6.20 Å². The van der Waals surface area contributed by atoms with E-state index in [9.17, 15) is 8.42 Å². The first-order chi connectivity index (χ1) is 10.1. The first-order valence-electron chi connectivity index (χ1n) is 6.87. The summed E-state index contributed by atoms with van der Waals surface area (Å²) >= 11 is 1.41. The lowest BCUT2D eigenvalue weighted by Crippen LogP contribution is -2.08. The third-order valence-corrected chi connectivity index (χ3v) is 5.73. The molecule has 6 nitrogen and oxygen atoms in total. The van der Waals surface area contributed by atoms with Crippen molar-refractivity contribution >= 4 is 42.6 Å². The predicted molar refractivity (Wildman–Crippen MR) is 81.3 cm³/mol. The van der Waals surface area contributed by atoms with Crippen molar-refractivity contribution in [3.63, 3.8) is 0 Å². The quantitative estimate of drug-likeness (QED) is 0.678. The van der Waals surface area contributed by atoms with Gasteiger partial charge in [0, 0.05) is 18.5 Å². The number of rotatable bonds is 2. The molecule has 0 aromatic carbocycles. The van der Waals surface area contributed by atoms with Gasteiger partial charge in [-0.3, -0.25) is 0 Å². The van der Waals surface area contributed by atoms with Crippen molar-refractivity contribution in [3.05, 3.63) is 12.4 Å². The fourth-order valence-corrected chi connectivity index (χ4v) is 4.36. The summed E-state index contributed by atoms with van der Waals surface area (Å²) in [5.74, 6) is 0. The molecule has 1 aliphatic rings. The molecule has 21 heavy (non-hydrogen) atoms. The van der Waals surface area contributed by atoms with E-state index in [0.29, 0.717) is 6.04 Å². The molecule has 3 heterocycles. The second kappa shape index (κ2) is 4.48. The Morgan fingerprint density at radius 1 is 1.29 bits per heavy atom. The van der Waals surface area contributed by atoms with Crippen LogP contribution in [0, 0.1) is 0 Å². The number of nitrogens with zero attached hydrogens (tertiary/aromatic N) is 4. The lowest BCUT2D eigenvalue weighted by molar-refractivity contribution is 0.544. The van der Waals surface area contributed by atoms with Crippen molar-refractivity contribution in [2.24, 2.45) is 0 Å². The molecule has 0 atom stereocenters. The van der Waals surface area contributed by atoms with E-state index in [-0.39, 0.29) is 5.16 Å². The molecule has 4 rings (SSSR count). The van der Waals surface area contributed by atoms with Crippen LogP contribution >= 0.6 is 11.5 Å². The molecule has 0 bridgehead atoms. The average Bonchev–Trinajstić information content (AvgIpc) is 3.13. The number of hydrogen-bond acceptors (Lipinski definition) is 6. The van der Waals surface area contributed by atoms with Crippen molar-refractivity contribution in [2.45, 2.75) is 36.9 Å². The van der Waals surface area contributed by atoms with Gasteiger partial charge in [0.25, 0.3) is 0 Å². The van der Waals surface area contributed by atoms with Gasteiger partial charge in [-0.1, -0.05) is 12.8 Å². The van der Waals surface area contributed by atoms with Gasteiger partial charge >= 0.3 is 0 Å². The topological polar surface area (TPSA) is 77.7 Å². The SMILES string of the molecule is CS(=O)(=O)c1ncc2c3sncc3n(C3CCCC3)c2n1. The van der Waals surface area contributed by atoms with Gasteiger partial charge in [-0.15, -0.1) is 0 Å². The summed E-state index contributed by atoms with van der Waals surface area (Å²) in [6.45, 7) is 0. The van der Waals surface area contributed by atoms with Crippen LogP contribution in [0.4, 0.5) is 0 Å². The highest BCUT2D eigenvalue weighted by atomic mass is 32.2. The van der Waals surface area contributed by atoms with E-state index in [1.54, 1.807) is 6.20 Å². The lowest BCUT2D eigenvalue weighted by atomic mass is 10.2. The second-order valence-corrected chi connectivity index (χ2v) is 8.22. The molecular formula is C13H14N4O2S2. The number of fused-ring (bicyclic) bond motifs is 3. The zero-order valence-electron chi connectivity index (χ0n) is 11.5. The van der Waals surface area contributed by atoms with Gasteiger partial charge in [-0.2, -0.15) is 9.36 Å². The Kier molecular flexibility index (Phi) is 2.80. The van der Waals surface area contributed by atoms with Gasteiger partial charge in [0.2, 0.25) is 15.0 Å². The van der Waals surface area contributed by atoms with E-state index < -0.39 is 9.84 Å². The number of aromatic nitrogens is 4. The van der Waals surface area contributed by atoms with Gasteiger partial charge in [-0.25, -0.2) is 13.4 Å². The summed E-state index contributed by atoms with van der Waals surface area (Å²) in [6, 6.07) is 0.378. The molecular weight excluding hydrogens is 308 g/mol. The smallest absolute Gasteiger partial charge is 0.248 e. The minimum atomic E-state index is -3.40. The van der Waals surface area contributed by atoms with Crippen molar-refractivity contribution in [1.29, 1.82) is 0 Å². The van der Waals surface area contributed by atoms with Crippen molar-refractivity contribution in [1.82, 2.24) is 18.9 Å². The fraction of sp³-hybridized carbons (Fsp3) is 0.462. The summed E-state index contributed by atoms with van der Waals surface area (Å²) in [7, 11) is -3.40. The summed E-state index contributed by atoms with van der Waals surface area (Å²) in [6.07, 6.45) is 9.21. The molecule has 1 fully saturated rings. The molecule has 8 heteroatoms. The minimum Gasteiger partial charge on any atom is -0.320 e. The number of hydrogen-bond donors (Lipinski definition) is 0. The van der Waals surface area contributed by atoms with Gasteiger partial charge < -0.3 is 4.57 Å². The van der Waals surface area contributed by atoms with Crippen LogP contribution in [0.1, 0.15) is 31.7 Å². The Bertz CT molecular complexity index is 936. The van der Waals surface area contributed by atoms with E-state index in [1.165, 1.54) is 24.4 Å². The highest BCUT2D eigenvalue weighted by molar-refractivity contribution is 7.90. The normalized spacial score (nSPS) is 17.2. The maximum Gasteiger partial charge on any atom is 0.248 e. The van der Waals surface area contributed by atoms with Crippen LogP contribution in [0.15, 0.2) is 17.6 Å². The number of sulfone groups is 1. The summed E-state index contributed by atoms with van der Waals surface area (Å²) in [5, 5.41) is 0.791. The Balaban J connectivity index is 2.08. The van der Waals surface area contributed by atoms with Gasteiger partial charge in [-0.05, 0) is 24.4 Å². The van der Waals surface area contributed by atoms with Crippen LogP contribution in [-0.4, -0.2) is 33.6 Å². The van der Waals surface area contributed by atoms with Crippen LogP contribution in [0.25, 0.3) is 21.3 Å². The molecule has 0 N–H and O–H groups in total. The van der Waals surface area contributed by atoms with Gasteiger partial charge in [0.15, 0.2) is 0 Å². The van der Waals surface area contributed by atoms with E-state index >= 15 is 0 Å². The summed E-state index contributed by atoms with van der Waals surface area (Å²) in [4.78, 5) is 8.36. The van der Waals surface area contributed by atoms with Crippen LogP contribution < -0.4 is 0 Å². The molecule has 1 saturated carbocycles. The molecule has 3 aromatic heterocycles. The molecule has 0 aliphatic heterocycles. The Labute approximate surface area is 125 Å². The maximum atomic E-state index is 11.7. The lowest BCUT2D eigenvalue weighted by Gasteiger charge is -2.13. The zero-order chi connectivity index (χ0) is 14.6. The van der Waals surface area contributed by atoms with Crippen molar-refractivity contribution in [3.8, 4) is 0 Å². The maximum absolute atomic E-state index is 11.7. The molecule has 0 amide bonds. The third-order valence-electron chi connectivity index (χ3n) is 4.05. The summed E-state index contributed by atoms with van der Waals surface area (Å²) < 4.78 is 30.9. The van der Waals surface area contributed by atoms with Gasteiger partial charge in [0.1, 0.15) is 5.65 Å². The molecule has 0 spiro atoms. The fourth-order valence-electron chi connectivity index (χ4n) is 3.12. The monoisotopic (exact) mass is 322 g/mol. The first-order valence-corrected chi connectivity index (χ1v) is 9.53. The highest BCUT2D eigenvalue weighted by Gasteiger charge is 2.25. The molecule has 3 aromatic rings. The predicted octanol–water partition coefficient (Wildman–Crippen LogP) is 2.56. The van der Waals surface area contributed by atoms with E-state index in [0.717, 1.165) is 40.3 Å². The Morgan fingerprint density at radius 2 is 2.05 bits per heavy atom. The highest BCUT2D eigenvalue weighted by Crippen LogP contribution is 2.38. The second-order valence-electron chi connectivity index (χ2n) is 5.51. The van der Waals surface area contributed by atoms with Crippen LogP contribution in [-0.2, 0) is 9.84 Å². The molecule has 110 valence electrons. The summed E-state index contributed by atoms with van der Waals surface area (Å²) in [5.41, 5.74) is 1.77. The van der Waals surface area contributed by atoms with E-state index in [2.05, 4.69) is 18.9 Å². The van der Waals surface area contributed by atoms with Crippen molar-refractivity contribution in [2.75, 3.05) is 6.26 Å².